The van der Waals surface area contributed by atoms with Crippen LogP contribution in [0.3, 0.4) is 0 Å². The second-order valence-corrected chi connectivity index (χ2v) is 10.1. The molecule has 1 N–H and O–H groups in total. The molecule has 3 rings (SSSR count). The van der Waals surface area contributed by atoms with Gasteiger partial charge >= 0.3 is 0 Å². The number of carbonyl (C=O) groups excluding carboxylic acids is 1. The zero-order valence-electron chi connectivity index (χ0n) is 16.0. The molecule has 0 spiro atoms. The van der Waals surface area contributed by atoms with E-state index in [0.29, 0.717) is 49.8 Å². The van der Waals surface area contributed by atoms with Gasteiger partial charge in [0, 0.05) is 17.1 Å². The van der Waals surface area contributed by atoms with Crippen molar-refractivity contribution in [3.63, 3.8) is 0 Å². The van der Waals surface area contributed by atoms with E-state index in [2.05, 4.69) is 13.8 Å². The molecule has 8 heteroatoms. The largest absolute Gasteiger partial charge is 0.332 e. The minimum absolute atomic E-state index is 0.193. The Balaban J connectivity index is 1.57. The number of amides is 1. The van der Waals surface area contributed by atoms with Gasteiger partial charge in [0.25, 0.3) is 5.91 Å². The van der Waals surface area contributed by atoms with Crippen molar-refractivity contribution in [1.29, 1.82) is 0 Å². The fourth-order valence-corrected chi connectivity index (χ4v) is 5.76. The van der Waals surface area contributed by atoms with Crippen molar-refractivity contribution in [3.8, 4) is 0 Å². The molecule has 150 valence electrons. The lowest BCUT2D eigenvalue weighted by Gasteiger charge is -2.40. The van der Waals surface area contributed by atoms with Gasteiger partial charge in [-0.25, -0.2) is 8.42 Å². The minimum Gasteiger partial charge on any atom is -0.332 e. The number of likely N-dealkylation sites (tertiary alicyclic amines) is 1. The van der Waals surface area contributed by atoms with Crippen LogP contribution in [-0.2, 0) is 14.8 Å². The Morgan fingerprint density at radius 1 is 1.11 bits per heavy atom. The van der Waals surface area contributed by atoms with E-state index < -0.39 is 10.0 Å². The average Bonchev–Trinajstić information content (AvgIpc) is 2.62. The van der Waals surface area contributed by atoms with Crippen molar-refractivity contribution in [3.05, 3.63) is 29.3 Å². The Morgan fingerprint density at radius 3 is 2.22 bits per heavy atom. The van der Waals surface area contributed by atoms with Crippen LogP contribution in [-0.4, -0.2) is 68.3 Å². The van der Waals surface area contributed by atoms with E-state index in [0.717, 1.165) is 17.7 Å². The number of halogens is 1. The second kappa shape index (κ2) is 8.47. The molecule has 6 nitrogen and oxygen atoms in total. The Labute approximate surface area is 167 Å². The molecule has 0 aromatic heterocycles. The highest BCUT2D eigenvalue weighted by Gasteiger charge is 2.34. The maximum Gasteiger partial charge on any atom is 0.278 e. The summed E-state index contributed by atoms with van der Waals surface area (Å²) in [5.41, 5.74) is 0. The zero-order valence-corrected chi connectivity index (χ0v) is 17.6. The third-order valence-corrected chi connectivity index (χ3v) is 7.93. The van der Waals surface area contributed by atoms with Crippen LogP contribution in [0.2, 0.25) is 5.02 Å². The van der Waals surface area contributed by atoms with Gasteiger partial charge in [-0.1, -0.05) is 11.6 Å². The van der Waals surface area contributed by atoms with Crippen LogP contribution in [0.1, 0.15) is 33.1 Å². The number of hydrogen-bond donors (Lipinski definition) is 1. The fourth-order valence-electron chi connectivity index (χ4n) is 4.19. The number of piperazine rings is 1. The third kappa shape index (κ3) is 4.65. The summed E-state index contributed by atoms with van der Waals surface area (Å²) < 4.78 is 27.0. The highest BCUT2D eigenvalue weighted by atomic mass is 35.5. The Hall–Kier alpha value is -1.15. The van der Waals surface area contributed by atoms with E-state index in [1.54, 1.807) is 24.3 Å². The van der Waals surface area contributed by atoms with Crippen LogP contribution in [0, 0.1) is 0 Å². The predicted molar refractivity (Wildman–Crippen MR) is 105 cm³/mol. The molecule has 0 radical (unpaired) electrons. The first-order chi connectivity index (χ1) is 12.8. The zero-order chi connectivity index (χ0) is 19.6. The molecular formula is C19H29ClN3O3S+. The highest BCUT2D eigenvalue weighted by Crippen LogP contribution is 2.22. The SMILES string of the molecule is C[C@@H]1CCC[C@H](C)N1C(=O)C[NH+]1CCN(S(=O)(=O)c2ccc(Cl)cc2)CC1. The maximum absolute atomic E-state index is 12.8. The van der Waals surface area contributed by atoms with Crippen LogP contribution in [0.15, 0.2) is 29.2 Å². The van der Waals surface area contributed by atoms with Gasteiger partial charge < -0.3 is 9.80 Å². The van der Waals surface area contributed by atoms with Crippen molar-refractivity contribution < 1.29 is 18.1 Å². The summed E-state index contributed by atoms with van der Waals surface area (Å²) >= 11 is 5.85. The molecule has 2 heterocycles. The van der Waals surface area contributed by atoms with Crippen LogP contribution in [0.25, 0.3) is 0 Å². The van der Waals surface area contributed by atoms with E-state index >= 15 is 0 Å². The van der Waals surface area contributed by atoms with E-state index in [1.165, 1.54) is 10.7 Å². The fraction of sp³-hybridized carbons (Fsp3) is 0.632. The molecule has 0 saturated carbocycles. The number of quaternary nitrogens is 1. The molecule has 0 unspecified atom stereocenters. The Kier molecular flexibility index (Phi) is 6.46. The summed E-state index contributed by atoms with van der Waals surface area (Å²) in [6.07, 6.45) is 3.32. The molecule has 2 saturated heterocycles. The summed E-state index contributed by atoms with van der Waals surface area (Å²) in [7, 11) is -3.50. The van der Waals surface area contributed by atoms with Gasteiger partial charge in [-0.05, 0) is 57.4 Å². The first-order valence-electron chi connectivity index (χ1n) is 9.69. The van der Waals surface area contributed by atoms with Crippen LogP contribution in [0.4, 0.5) is 0 Å². The number of nitrogens with one attached hydrogen (secondary N) is 1. The highest BCUT2D eigenvalue weighted by molar-refractivity contribution is 7.89. The van der Waals surface area contributed by atoms with Crippen molar-refractivity contribution in [2.45, 2.75) is 50.1 Å². The number of carbonyl (C=O) groups is 1. The normalized spacial score (nSPS) is 25.5. The lowest BCUT2D eigenvalue weighted by molar-refractivity contribution is -0.896. The van der Waals surface area contributed by atoms with Crippen LogP contribution < -0.4 is 4.90 Å². The van der Waals surface area contributed by atoms with E-state index in [-0.39, 0.29) is 10.8 Å². The maximum atomic E-state index is 12.8. The van der Waals surface area contributed by atoms with Gasteiger partial charge in [-0.3, -0.25) is 4.79 Å². The summed E-state index contributed by atoms with van der Waals surface area (Å²) in [5, 5.41) is 0.517. The quantitative estimate of drug-likeness (QED) is 0.800. The van der Waals surface area contributed by atoms with Gasteiger partial charge in [0.1, 0.15) is 0 Å². The van der Waals surface area contributed by atoms with Crippen molar-refractivity contribution in [2.24, 2.45) is 0 Å². The van der Waals surface area contributed by atoms with Crippen LogP contribution in [0.5, 0.6) is 0 Å². The van der Waals surface area contributed by atoms with E-state index in [1.807, 2.05) is 4.90 Å². The third-order valence-electron chi connectivity index (χ3n) is 5.76. The number of sulfonamides is 1. The summed E-state index contributed by atoms with van der Waals surface area (Å²) in [4.78, 5) is 16.2. The molecule has 2 aliphatic heterocycles. The molecular weight excluding hydrogens is 386 g/mol. The number of piperidine rings is 1. The first kappa shape index (κ1) is 20.6. The van der Waals surface area contributed by atoms with Gasteiger partial charge in [-0.15, -0.1) is 0 Å². The van der Waals surface area contributed by atoms with Gasteiger partial charge in [0.05, 0.1) is 31.1 Å². The molecule has 0 aliphatic carbocycles. The second-order valence-electron chi connectivity index (χ2n) is 7.71. The van der Waals surface area contributed by atoms with E-state index in [9.17, 15) is 13.2 Å². The average molecular weight is 415 g/mol. The molecule has 2 fully saturated rings. The van der Waals surface area contributed by atoms with Gasteiger partial charge in [-0.2, -0.15) is 4.31 Å². The van der Waals surface area contributed by atoms with Gasteiger partial charge in [0.2, 0.25) is 10.0 Å². The number of nitrogens with zero attached hydrogens (tertiary/aromatic N) is 2. The molecule has 27 heavy (non-hydrogen) atoms. The van der Waals surface area contributed by atoms with E-state index in [4.69, 9.17) is 11.6 Å². The molecule has 1 amide bonds. The molecule has 2 aliphatic rings. The molecule has 2 atom stereocenters. The summed E-state index contributed by atoms with van der Waals surface area (Å²) in [5.74, 6) is 0.193. The van der Waals surface area contributed by atoms with Crippen molar-refractivity contribution >= 4 is 27.5 Å². The number of benzene rings is 1. The standard InChI is InChI=1S/C19H28ClN3O3S/c1-15-4-3-5-16(2)23(15)19(24)14-21-10-12-22(13-11-21)27(25,26)18-8-6-17(20)7-9-18/h6-9,15-16H,3-5,10-14H2,1-2H3/p+1/t15-,16+. The predicted octanol–water partition coefficient (Wildman–Crippen LogP) is 1.02. The monoisotopic (exact) mass is 414 g/mol. The van der Waals surface area contributed by atoms with Crippen molar-refractivity contribution in [2.75, 3.05) is 32.7 Å². The molecule has 1 aromatic rings. The lowest BCUT2D eigenvalue weighted by atomic mass is 9.97. The van der Waals surface area contributed by atoms with Crippen molar-refractivity contribution in [1.82, 2.24) is 9.21 Å². The summed E-state index contributed by atoms with van der Waals surface area (Å²) in [6, 6.07) is 6.86. The Bertz CT molecular complexity index is 751. The summed E-state index contributed by atoms with van der Waals surface area (Å²) in [6.45, 7) is 6.85. The first-order valence-corrected chi connectivity index (χ1v) is 11.5. The van der Waals surface area contributed by atoms with Crippen LogP contribution >= 0.6 is 11.6 Å². The smallest absolute Gasteiger partial charge is 0.278 e. The number of rotatable bonds is 4. The molecule has 0 bridgehead atoms. The van der Waals surface area contributed by atoms with Gasteiger partial charge in [0.15, 0.2) is 6.54 Å². The number of hydrogen-bond acceptors (Lipinski definition) is 3. The lowest BCUT2D eigenvalue weighted by Crippen LogP contribution is -3.15. The minimum atomic E-state index is -3.50. The molecule has 1 aromatic carbocycles. The topological polar surface area (TPSA) is 62.1 Å². The Morgan fingerprint density at radius 2 is 1.67 bits per heavy atom.